The number of benzene rings is 2. The van der Waals surface area contributed by atoms with Crippen molar-refractivity contribution in [2.45, 2.75) is 30.2 Å². The Morgan fingerprint density at radius 2 is 1.97 bits per heavy atom. The lowest BCUT2D eigenvalue weighted by Gasteiger charge is -2.23. The third-order valence-corrected chi connectivity index (χ3v) is 7.54. The van der Waals surface area contributed by atoms with Gasteiger partial charge in [0.2, 0.25) is 15.9 Å². The van der Waals surface area contributed by atoms with Crippen molar-refractivity contribution in [1.82, 2.24) is 14.6 Å². The van der Waals surface area contributed by atoms with Crippen molar-refractivity contribution in [2.24, 2.45) is 0 Å². The molecule has 2 heterocycles. The van der Waals surface area contributed by atoms with Crippen molar-refractivity contribution < 1.29 is 17.6 Å². The molecule has 0 unspecified atom stereocenters. The maximum Gasteiger partial charge on any atom is 0.240 e. The number of carbonyl (C=O) groups excluding carboxylic acids is 1. The summed E-state index contributed by atoms with van der Waals surface area (Å²) in [5.41, 5.74) is 0.929. The number of thiazole rings is 1. The van der Waals surface area contributed by atoms with Crippen LogP contribution in [0.2, 0.25) is 0 Å². The predicted molar refractivity (Wildman–Crippen MR) is 110 cm³/mol. The number of halogens is 1. The topological polar surface area (TPSA) is 79.4 Å². The molecule has 1 saturated heterocycles. The van der Waals surface area contributed by atoms with E-state index in [-0.39, 0.29) is 29.8 Å². The van der Waals surface area contributed by atoms with Crippen LogP contribution in [0, 0.1) is 5.82 Å². The Balaban J connectivity index is 1.39. The Bertz CT molecular complexity index is 1100. The summed E-state index contributed by atoms with van der Waals surface area (Å²) in [4.78, 5) is 19.2. The molecule has 0 radical (unpaired) electrons. The summed E-state index contributed by atoms with van der Waals surface area (Å²) in [6.45, 7) is 0.631. The molecule has 1 atom stereocenters. The number of fused-ring (bicyclic) bond motifs is 1. The second kappa shape index (κ2) is 8.17. The van der Waals surface area contributed by atoms with Crippen molar-refractivity contribution >= 4 is 37.5 Å². The molecule has 6 nitrogen and oxygen atoms in total. The maximum absolute atomic E-state index is 13.0. The van der Waals surface area contributed by atoms with Crippen molar-refractivity contribution in [3.05, 3.63) is 59.4 Å². The fraction of sp³-hybridized carbons (Fsp3) is 0.300. The summed E-state index contributed by atoms with van der Waals surface area (Å²) in [5.74, 6) is -0.609. The van der Waals surface area contributed by atoms with Gasteiger partial charge >= 0.3 is 0 Å². The van der Waals surface area contributed by atoms with Crippen LogP contribution in [0.4, 0.5) is 4.39 Å². The first-order chi connectivity index (χ1) is 13.9. The number of likely N-dealkylation sites (tertiary alicyclic amines) is 1. The molecular weight excluding hydrogens is 413 g/mol. The summed E-state index contributed by atoms with van der Waals surface area (Å²) >= 11 is 1.60. The summed E-state index contributed by atoms with van der Waals surface area (Å²) in [6, 6.07) is 12.4. The van der Waals surface area contributed by atoms with E-state index in [0.29, 0.717) is 6.54 Å². The molecule has 152 valence electrons. The minimum absolute atomic E-state index is 0.0123. The highest BCUT2D eigenvalue weighted by Gasteiger charge is 2.32. The highest BCUT2D eigenvalue weighted by molar-refractivity contribution is 7.89. The van der Waals surface area contributed by atoms with Crippen LogP contribution in [0.25, 0.3) is 10.2 Å². The van der Waals surface area contributed by atoms with Gasteiger partial charge in [0, 0.05) is 19.5 Å². The lowest BCUT2D eigenvalue weighted by atomic mass is 10.2. The fourth-order valence-electron chi connectivity index (χ4n) is 3.49. The molecule has 1 amide bonds. The number of amides is 1. The lowest BCUT2D eigenvalue weighted by Crippen LogP contribution is -2.34. The van der Waals surface area contributed by atoms with E-state index in [1.807, 2.05) is 24.3 Å². The van der Waals surface area contributed by atoms with Gasteiger partial charge in [0.1, 0.15) is 10.8 Å². The fourth-order valence-corrected chi connectivity index (χ4v) is 5.63. The van der Waals surface area contributed by atoms with E-state index < -0.39 is 15.8 Å². The molecule has 2 aromatic carbocycles. The van der Waals surface area contributed by atoms with Gasteiger partial charge in [-0.15, -0.1) is 11.3 Å². The molecule has 0 spiro atoms. The van der Waals surface area contributed by atoms with Gasteiger partial charge in [-0.25, -0.2) is 22.5 Å². The third kappa shape index (κ3) is 4.31. The van der Waals surface area contributed by atoms with Gasteiger partial charge in [0.05, 0.1) is 21.2 Å². The number of para-hydroxylation sites is 1. The Labute approximate surface area is 172 Å². The van der Waals surface area contributed by atoms with E-state index in [4.69, 9.17) is 0 Å². The van der Waals surface area contributed by atoms with Crippen LogP contribution < -0.4 is 4.72 Å². The highest BCUT2D eigenvalue weighted by Crippen LogP contribution is 2.36. The molecule has 0 saturated carbocycles. The van der Waals surface area contributed by atoms with Crippen molar-refractivity contribution in [1.29, 1.82) is 0 Å². The van der Waals surface area contributed by atoms with Gasteiger partial charge in [-0.2, -0.15) is 0 Å². The number of nitrogens with zero attached hydrogens (tertiary/aromatic N) is 2. The number of hydrogen-bond acceptors (Lipinski definition) is 5. The smallest absolute Gasteiger partial charge is 0.240 e. The van der Waals surface area contributed by atoms with Gasteiger partial charge < -0.3 is 4.90 Å². The Kier molecular flexibility index (Phi) is 5.62. The Morgan fingerprint density at radius 1 is 1.21 bits per heavy atom. The molecule has 1 fully saturated rings. The Hall–Kier alpha value is -2.36. The molecular formula is C20H20FN3O3S2. The quantitative estimate of drug-likeness (QED) is 0.646. The largest absolute Gasteiger partial charge is 0.333 e. The molecule has 1 N–H and O–H groups in total. The molecule has 1 aliphatic rings. The zero-order chi connectivity index (χ0) is 20.4. The van der Waals surface area contributed by atoms with Gasteiger partial charge in [-0.3, -0.25) is 4.79 Å². The average molecular weight is 434 g/mol. The van der Waals surface area contributed by atoms with Crippen LogP contribution in [0.15, 0.2) is 53.4 Å². The first-order valence-corrected chi connectivity index (χ1v) is 11.6. The number of hydrogen-bond donors (Lipinski definition) is 1. The van der Waals surface area contributed by atoms with Crippen LogP contribution in [0.1, 0.15) is 30.3 Å². The summed E-state index contributed by atoms with van der Waals surface area (Å²) < 4.78 is 41.0. The minimum Gasteiger partial charge on any atom is -0.333 e. The molecule has 29 heavy (non-hydrogen) atoms. The van der Waals surface area contributed by atoms with Crippen molar-refractivity contribution in [3.63, 3.8) is 0 Å². The number of aromatic nitrogens is 1. The standard InChI is InChI=1S/C20H20FN3O3S2/c21-14-7-9-15(10-8-14)29(26,27)22-12-11-19(25)24-13-3-5-17(24)20-23-16-4-1-2-6-18(16)28-20/h1-2,4,6-10,17,22H,3,5,11-13H2/t17-/m1/s1. The zero-order valence-electron chi connectivity index (χ0n) is 15.5. The third-order valence-electron chi connectivity index (χ3n) is 4.92. The van der Waals surface area contributed by atoms with E-state index in [1.54, 1.807) is 16.2 Å². The molecule has 4 rings (SSSR count). The predicted octanol–water partition coefficient (Wildman–Crippen LogP) is 3.47. The summed E-state index contributed by atoms with van der Waals surface area (Å²) in [5, 5.41) is 0.920. The number of nitrogens with one attached hydrogen (secondary N) is 1. The van der Waals surface area contributed by atoms with E-state index in [0.717, 1.165) is 40.2 Å². The highest BCUT2D eigenvalue weighted by atomic mass is 32.2. The second-order valence-corrected chi connectivity index (χ2v) is 9.70. The molecule has 1 aliphatic heterocycles. The lowest BCUT2D eigenvalue weighted by molar-refractivity contribution is -0.131. The van der Waals surface area contributed by atoms with Crippen LogP contribution in [0.3, 0.4) is 0 Å². The number of carbonyl (C=O) groups is 1. The van der Waals surface area contributed by atoms with E-state index in [1.165, 1.54) is 12.1 Å². The molecule has 3 aromatic rings. The molecule has 0 aliphatic carbocycles. The van der Waals surface area contributed by atoms with Gasteiger partial charge in [0.15, 0.2) is 0 Å². The average Bonchev–Trinajstić information content (AvgIpc) is 3.34. The monoisotopic (exact) mass is 433 g/mol. The van der Waals surface area contributed by atoms with Crippen LogP contribution in [0.5, 0.6) is 0 Å². The maximum atomic E-state index is 13.0. The van der Waals surface area contributed by atoms with E-state index in [9.17, 15) is 17.6 Å². The van der Waals surface area contributed by atoms with Crippen molar-refractivity contribution in [2.75, 3.05) is 13.1 Å². The Morgan fingerprint density at radius 3 is 2.72 bits per heavy atom. The van der Waals surface area contributed by atoms with Gasteiger partial charge in [0.25, 0.3) is 0 Å². The minimum atomic E-state index is -3.78. The molecule has 1 aromatic heterocycles. The van der Waals surface area contributed by atoms with Crippen molar-refractivity contribution in [3.8, 4) is 0 Å². The van der Waals surface area contributed by atoms with Crippen LogP contribution in [-0.2, 0) is 14.8 Å². The van der Waals surface area contributed by atoms with Gasteiger partial charge in [-0.1, -0.05) is 12.1 Å². The normalized spacial score (nSPS) is 17.1. The SMILES string of the molecule is O=C(CCNS(=O)(=O)c1ccc(F)cc1)N1CCC[C@@H]1c1nc2ccccc2s1. The number of sulfonamides is 1. The number of rotatable bonds is 6. The summed E-state index contributed by atoms with van der Waals surface area (Å²) in [6.07, 6.45) is 1.81. The zero-order valence-corrected chi connectivity index (χ0v) is 17.2. The van der Waals surface area contributed by atoms with Gasteiger partial charge in [-0.05, 0) is 49.2 Å². The molecule has 9 heteroatoms. The van der Waals surface area contributed by atoms with Crippen LogP contribution >= 0.6 is 11.3 Å². The first-order valence-electron chi connectivity index (χ1n) is 9.34. The van der Waals surface area contributed by atoms with Crippen LogP contribution in [-0.4, -0.2) is 37.3 Å². The first kappa shape index (κ1) is 19.9. The second-order valence-electron chi connectivity index (χ2n) is 6.87. The summed E-state index contributed by atoms with van der Waals surface area (Å²) in [7, 11) is -3.78. The van der Waals surface area contributed by atoms with E-state index >= 15 is 0 Å². The molecule has 0 bridgehead atoms. The van der Waals surface area contributed by atoms with E-state index in [2.05, 4.69) is 9.71 Å².